The number of aliphatic imine (C=N–C) groups is 1. The Labute approximate surface area is 129 Å². The molecular weight excluding hydrogens is 266 g/mol. The maximum absolute atomic E-state index is 5.85. The lowest BCUT2D eigenvalue weighted by Crippen LogP contribution is -2.37. The highest BCUT2D eigenvalue weighted by Crippen LogP contribution is 2.10. The minimum atomic E-state index is 0.392. The van der Waals surface area contributed by atoms with Gasteiger partial charge in [0.25, 0.3) is 0 Å². The molecule has 0 atom stereocenters. The average Bonchev–Trinajstić information content (AvgIpc) is 2.52. The maximum atomic E-state index is 5.85. The Bertz CT molecular complexity index is 266. The highest BCUT2D eigenvalue weighted by molar-refractivity contribution is 5.79. The summed E-state index contributed by atoms with van der Waals surface area (Å²) in [5, 5.41) is 6.66. The molecule has 1 fully saturated rings. The van der Waals surface area contributed by atoms with Crippen molar-refractivity contribution in [2.75, 3.05) is 39.5 Å². The summed E-state index contributed by atoms with van der Waals surface area (Å²) in [7, 11) is 0. The van der Waals surface area contributed by atoms with Gasteiger partial charge >= 0.3 is 0 Å². The maximum Gasteiger partial charge on any atom is 0.191 e. The molecular formula is C16H33N3O2. The SMILES string of the molecule is CCCCCNC(=NCCCOC1CCOCC1)NCC. The van der Waals surface area contributed by atoms with Crippen LogP contribution in [0.3, 0.4) is 0 Å². The number of nitrogens with one attached hydrogen (secondary N) is 2. The summed E-state index contributed by atoms with van der Waals surface area (Å²) >= 11 is 0. The summed E-state index contributed by atoms with van der Waals surface area (Å²) in [6, 6.07) is 0. The van der Waals surface area contributed by atoms with Crippen molar-refractivity contribution in [2.24, 2.45) is 4.99 Å². The average molecular weight is 299 g/mol. The number of guanidine groups is 1. The number of unbranched alkanes of at least 4 members (excludes halogenated alkanes) is 2. The van der Waals surface area contributed by atoms with Crippen LogP contribution in [-0.2, 0) is 9.47 Å². The zero-order valence-corrected chi connectivity index (χ0v) is 13.8. The van der Waals surface area contributed by atoms with E-state index in [2.05, 4.69) is 29.5 Å². The van der Waals surface area contributed by atoms with Crippen LogP contribution in [0.15, 0.2) is 4.99 Å². The molecule has 0 spiro atoms. The first-order valence-electron chi connectivity index (χ1n) is 8.58. The number of hydrogen-bond donors (Lipinski definition) is 2. The summed E-state index contributed by atoms with van der Waals surface area (Å²) < 4.78 is 11.2. The topological polar surface area (TPSA) is 54.9 Å². The fourth-order valence-electron chi connectivity index (χ4n) is 2.27. The van der Waals surface area contributed by atoms with E-state index in [4.69, 9.17) is 9.47 Å². The van der Waals surface area contributed by atoms with Gasteiger partial charge in [-0.15, -0.1) is 0 Å². The van der Waals surface area contributed by atoms with Gasteiger partial charge < -0.3 is 20.1 Å². The number of ether oxygens (including phenoxy) is 2. The van der Waals surface area contributed by atoms with Crippen LogP contribution in [0.1, 0.15) is 52.4 Å². The standard InChI is InChI=1S/C16H33N3O2/c1-3-5-6-10-18-16(17-4-2)19-11-7-12-21-15-8-13-20-14-9-15/h15H,3-14H2,1-2H3,(H2,17,18,19). The van der Waals surface area contributed by atoms with Gasteiger partial charge in [0.05, 0.1) is 6.10 Å². The van der Waals surface area contributed by atoms with Crippen LogP contribution in [0, 0.1) is 0 Å². The van der Waals surface area contributed by atoms with Crippen molar-refractivity contribution in [2.45, 2.75) is 58.5 Å². The molecule has 5 heteroatoms. The van der Waals surface area contributed by atoms with Crippen LogP contribution in [-0.4, -0.2) is 51.5 Å². The van der Waals surface area contributed by atoms with E-state index in [1.165, 1.54) is 19.3 Å². The lowest BCUT2D eigenvalue weighted by molar-refractivity contribution is -0.0318. The lowest BCUT2D eigenvalue weighted by atomic mass is 10.1. The Morgan fingerprint density at radius 2 is 1.95 bits per heavy atom. The van der Waals surface area contributed by atoms with Crippen molar-refractivity contribution in [3.8, 4) is 0 Å². The Hall–Kier alpha value is -0.810. The Balaban J connectivity index is 2.08. The molecule has 0 aromatic carbocycles. The second-order valence-electron chi connectivity index (χ2n) is 5.43. The quantitative estimate of drug-likeness (QED) is 0.369. The van der Waals surface area contributed by atoms with Gasteiger partial charge in [0.2, 0.25) is 0 Å². The zero-order chi connectivity index (χ0) is 15.2. The lowest BCUT2D eigenvalue weighted by Gasteiger charge is -2.22. The summed E-state index contributed by atoms with van der Waals surface area (Å²) in [6.07, 6.45) is 7.15. The molecule has 21 heavy (non-hydrogen) atoms. The van der Waals surface area contributed by atoms with Crippen molar-refractivity contribution >= 4 is 5.96 Å². The van der Waals surface area contributed by atoms with E-state index in [-0.39, 0.29) is 0 Å². The molecule has 1 rings (SSSR count). The van der Waals surface area contributed by atoms with Crippen LogP contribution < -0.4 is 10.6 Å². The Morgan fingerprint density at radius 3 is 2.67 bits per heavy atom. The van der Waals surface area contributed by atoms with Crippen molar-refractivity contribution in [3.05, 3.63) is 0 Å². The molecule has 5 nitrogen and oxygen atoms in total. The summed E-state index contributed by atoms with van der Waals surface area (Å²) in [5.74, 6) is 0.930. The largest absolute Gasteiger partial charge is 0.381 e. The van der Waals surface area contributed by atoms with E-state index in [9.17, 15) is 0 Å². The number of hydrogen-bond acceptors (Lipinski definition) is 3. The van der Waals surface area contributed by atoms with Crippen LogP contribution in [0.5, 0.6) is 0 Å². The first kappa shape index (κ1) is 18.2. The molecule has 0 radical (unpaired) electrons. The van der Waals surface area contributed by atoms with E-state index in [1.807, 2.05) is 0 Å². The molecule has 1 aliphatic rings. The fourth-order valence-corrected chi connectivity index (χ4v) is 2.27. The minimum absolute atomic E-state index is 0.392. The van der Waals surface area contributed by atoms with Gasteiger partial charge in [-0.05, 0) is 32.6 Å². The minimum Gasteiger partial charge on any atom is -0.381 e. The molecule has 0 bridgehead atoms. The third kappa shape index (κ3) is 9.69. The van der Waals surface area contributed by atoms with E-state index in [0.717, 1.165) is 64.7 Å². The second kappa shape index (κ2) is 12.9. The third-order valence-electron chi connectivity index (χ3n) is 3.51. The predicted molar refractivity (Wildman–Crippen MR) is 87.9 cm³/mol. The van der Waals surface area contributed by atoms with E-state index in [0.29, 0.717) is 6.10 Å². The molecule has 1 heterocycles. The fraction of sp³-hybridized carbons (Fsp3) is 0.938. The van der Waals surface area contributed by atoms with Crippen LogP contribution in [0.2, 0.25) is 0 Å². The van der Waals surface area contributed by atoms with E-state index < -0.39 is 0 Å². The third-order valence-corrected chi connectivity index (χ3v) is 3.51. The monoisotopic (exact) mass is 299 g/mol. The zero-order valence-electron chi connectivity index (χ0n) is 13.8. The van der Waals surface area contributed by atoms with Gasteiger partial charge in [-0.25, -0.2) is 0 Å². The van der Waals surface area contributed by atoms with Gasteiger partial charge in [0, 0.05) is 39.5 Å². The first-order valence-corrected chi connectivity index (χ1v) is 8.58. The van der Waals surface area contributed by atoms with Crippen molar-refractivity contribution < 1.29 is 9.47 Å². The van der Waals surface area contributed by atoms with Crippen molar-refractivity contribution in [1.29, 1.82) is 0 Å². The molecule has 0 amide bonds. The van der Waals surface area contributed by atoms with Gasteiger partial charge in [-0.3, -0.25) is 4.99 Å². The van der Waals surface area contributed by atoms with Gasteiger partial charge in [-0.1, -0.05) is 19.8 Å². The smallest absolute Gasteiger partial charge is 0.191 e. The summed E-state index contributed by atoms with van der Waals surface area (Å²) in [4.78, 5) is 4.58. The molecule has 0 aliphatic carbocycles. The van der Waals surface area contributed by atoms with E-state index >= 15 is 0 Å². The second-order valence-corrected chi connectivity index (χ2v) is 5.43. The molecule has 2 N–H and O–H groups in total. The van der Waals surface area contributed by atoms with Crippen LogP contribution >= 0.6 is 0 Å². The van der Waals surface area contributed by atoms with Crippen molar-refractivity contribution in [3.63, 3.8) is 0 Å². The highest BCUT2D eigenvalue weighted by atomic mass is 16.5. The molecule has 124 valence electrons. The normalized spacial score (nSPS) is 17.0. The Kier molecular flexibility index (Phi) is 11.2. The summed E-state index contributed by atoms with van der Waals surface area (Å²) in [6.45, 7) is 9.51. The first-order chi connectivity index (χ1) is 10.4. The molecule has 1 aliphatic heterocycles. The molecule has 0 unspecified atom stereocenters. The van der Waals surface area contributed by atoms with Gasteiger partial charge in [0.15, 0.2) is 5.96 Å². The Morgan fingerprint density at radius 1 is 1.14 bits per heavy atom. The van der Waals surface area contributed by atoms with Crippen LogP contribution in [0.25, 0.3) is 0 Å². The number of rotatable bonds is 10. The van der Waals surface area contributed by atoms with E-state index in [1.54, 1.807) is 0 Å². The molecule has 0 aromatic rings. The van der Waals surface area contributed by atoms with Gasteiger partial charge in [0.1, 0.15) is 0 Å². The van der Waals surface area contributed by atoms with Gasteiger partial charge in [-0.2, -0.15) is 0 Å². The van der Waals surface area contributed by atoms with Crippen molar-refractivity contribution in [1.82, 2.24) is 10.6 Å². The van der Waals surface area contributed by atoms with Crippen LogP contribution in [0.4, 0.5) is 0 Å². The number of nitrogens with zero attached hydrogens (tertiary/aromatic N) is 1. The highest BCUT2D eigenvalue weighted by Gasteiger charge is 2.13. The predicted octanol–water partition coefficient (Wildman–Crippen LogP) is 2.32. The molecule has 0 saturated carbocycles. The molecule has 1 saturated heterocycles. The summed E-state index contributed by atoms with van der Waals surface area (Å²) in [5.41, 5.74) is 0. The molecule has 0 aromatic heterocycles.